The van der Waals surface area contributed by atoms with Gasteiger partial charge < -0.3 is 10.6 Å². The van der Waals surface area contributed by atoms with E-state index in [4.69, 9.17) is 0 Å². The van der Waals surface area contributed by atoms with Crippen LogP contribution in [0.5, 0.6) is 0 Å². The lowest BCUT2D eigenvalue weighted by molar-refractivity contribution is -0.692. The monoisotopic (exact) mass is 342 g/mol. The fourth-order valence-electron chi connectivity index (χ4n) is 2.76. The molecular weight excluding hydrogens is 318 g/mol. The predicted octanol–water partition coefficient (Wildman–Crippen LogP) is 2.80. The lowest BCUT2D eigenvalue weighted by Gasteiger charge is -2.19. The summed E-state index contributed by atoms with van der Waals surface area (Å²) in [5.41, 5.74) is 2.42. The van der Waals surface area contributed by atoms with Crippen molar-refractivity contribution in [2.75, 3.05) is 11.9 Å². The van der Waals surface area contributed by atoms with Crippen LogP contribution in [-0.4, -0.2) is 17.4 Å². The predicted molar refractivity (Wildman–Crippen MR) is 97.3 cm³/mol. The number of nitrogens with two attached hydrogens (primary N) is 1. The highest BCUT2D eigenvalue weighted by molar-refractivity contribution is 5.92. The molecular formula is C19H24N3O3+. The number of hydrogen-bond acceptors (Lipinski definition) is 3. The number of non-ortho nitro benzene ring substituents is 1. The summed E-state index contributed by atoms with van der Waals surface area (Å²) < 4.78 is 0. The molecule has 0 aliphatic rings. The second-order valence-corrected chi connectivity index (χ2v) is 6.42. The summed E-state index contributed by atoms with van der Waals surface area (Å²) in [7, 11) is 0. The first-order valence-corrected chi connectivity index (χ1v) is 8.31. The molecule has 3 N–H and O–H groups in total. The number of nitro groups is 1. The molecule has 0 aromatic heterocycles. The summed E-state index contributed by atoms with van der Waals surface area (Å²) >= 11 is 0. The first-order chi connectivity index (χ1) is 11.9. The number of quaternary nitrogens is 1. The normalized spacial score (nSPS) is 12.0. The van der Waals surface area contributed by atoms with Gasteiger partial charge in [-0.2, -0.15) is 0 Å². The van der Waals surface area contributed by atoms with Crippen molar-refractivity contribution in [2.45, 2.75) is 26.8 Å². The minimum absolute atomic E-state index is 0.0331. The zero-order valence-electron chi connectivity index (χ0n) is 14.7. The summed E-state index contributed by atoms with van der Waals surface area (Å²) in [6.07, 6.45) is 0. The minimum atomic E-state index is -0.467. The van der Waals surface area contributed by atoms with E-state index in [9.17, 15) is 14.9 Å². The fourth-order valence-corrected chi connectivity index (χ4v) is 2.76. The summed E-state index contributed by atoms with van der Waals surface area (Å²) in [5, 5.41) is 15.7. The van der Waals surface area contributed by atoms with Gasteiger partial charge in [-0.15, -0.1) is 0 Å². The Balaban J connectivity index is 2.02. The number of anilines is 1. The lowest BCUT2D eigenvalue weighted by Crippen LogP contribution is -2.88. The quantitative estimate of drug-likeness (QED) is 0.599. The number of aryl methyl sites for hydroxylation is 1. The highest BCUT2D eigenvalue weighted by Crippen LogP contribution is 2.21. The van der Waals surface area contributed by atoms with Crippen molar-refractivity contribution in [2.24, 2.45) is 5.92 Å². The molecule has 1 amide bonds. The minimum Gasteiger partial charge on any atom is -0.332 e. The number of nitrogens with zero attached hydrogens (tertiary/aromatic N) is 1. The second kappa shape index (κ2) is 8.39. The molecule has 0 radical (unpaired) electrons. The SMILES string of the molecule is Cc1ccc([N+](=O)[O-])cc1NC(=O)C[NH2+][C@H](c1ccccc1)C(C)C. The van der Waals surface area contributed by atoms with Crippen LogP contribution in [0.3, 0.4) is 0 Å². The zero-order valence-corrected chi connectivity index (χ0v) is 14.7. The van der Waals surface area contributed by atoms with E-state index >= 15 is 0 Å². The maximum atomic E-state index is 12.3. The van der Waals surface area contributed by atoms with Gasteiger partial charge in [-0.3, -0.25) is 14.9 Å². The molecule has 6 heteroatoms. The summed E-state index contributed by atoms with van der Waals surface area (Å²) in [6, 6.07) is 14.7. The van der Waals surface area contributed by atoms with Gasteiger partial charge in [-0.05, 0) is 12.5 Å². The Bertz CT molecular complexity index is 745. The number of nitro benzene ring substituents is 1. The van der Waals surface area contributed by atoms with E-state index in [2.05, 4.69) is 31.3 Å². The van der Waals surface area contributed by atoms with Crippen LogP contribution in [0.1, 0.15) is 31.0 Å². The molecule has 0 aliphatic carbocycles. The van der Waals surface area contributed by atoms with Gasteiger partial charge >= 0.3 is 0 Å². The van der Waals surface area contributed by atoms with Crippen molar-refractivity contribution in [3.8, 4) is 0 Å². The standard InChI is InChI=1S/C19H23N3O3/c1-13(2)19(15-7-5-4-6-8-15)20-12-18(23)21-17-11-16(22(24)25)10-9-14(17)3/h4-11,13,19-20H,12H2,1-3H3,(H,21,23)/p+1/t19-/m0/s1. The number of benzene rings is 2. The van der Waals surface area contributed by atoms with Crippen LogP contribution in [0.25, 0.3) is 0 Å². The Morgan fingerprint density at radius 1 is 1.20 bits per heavy atom. The third kappa shape index (κ3) is 5.12. The van der Waals surface area contributed by atoms with Gasteiger partial charge in [0.1, 0.15) is 6.04 Å². The van der Waals surface area contributed by atoms with Gasteiger partial charge in [0.2, 0.25) is 0 Å². The van der Waals surface area contributed by atoms with E-state index in [1.165, 1.54) is 17.7 Å². The Hall–Kier alpha value is -2.73. The molecule has 0 aliphatic heterocycles. The Morgan fingerprint density at radius 2 is 1.88 bits per heavy atom. The molecule has 25 heavy (non-hydrogen) atoms. The van der Waals surface area contributed by atoms with E-state index in [1.807, 2.05) is 30.4 Å². The van der Waals surface area contributed by atoms with Crippen molar-refractivity contribution in [3.63, 3.8) is 0 Å². The van der Waals surface area contributed by atoms with Crippen molar-refractivity contribution in [1.29, 1.82) is 0 Å². The topological polar surface area (TPSA) is 88.9 Å². The maximum Gasteiger partial charge on any atom is 0.279 e. The van der Waals surface area contributed by atoms with Gasteiger partial charge in [0.25, 0.3) is 11.6 Å². The third-order valence-corrected chi connectivity index (χ3v) is 4.17. The molecule has 0 heterocycles. The van der Waals surface area contributed by atoms with Crippen molar-refractivity contribution < 1.29 is 15.0 Å². The molecule has 0 saturated carbocycles. The van der Waals surface area contributed by atoms with Crippen molar-refractivity contribution >= 4 is 17.3 Å². The number of hydrogen-bond donors (Lipinski definition) is 2. The molecule has 0 spiro atoms. The summed E-state index contributed by atoms with van der Waals surface area (Å²) in [5.74, 6) is 0.194. The van der Waals surface area contributed by atoms with E-state index < -0.39 is 4.92 Å². The van der Waals surface area contributed by atoms with Crippen LogP contribution in [0.4, 0.5) is 11.4 Å². The first-order valence-electron chi connectivity index (χ1n) is 8.31. The van der Waals surface area contributed by atoms with Gasteiger partial charge in [-0.25, -0.2) is 0 Å². The van der Waals surface area contributed by atoms with Crippen LogP contribution in [0.2, 0.25) is 0 Å². The first kappa shape index (κ1) is 18.6. The van der Waals surface area contributed by atoms with Gasteiger partial charge in [0.05, 0.1) is 10.6 Å². The molecule has 0 saturated heterocycles. The Kier molecular flexibility index (Phi) is 6.25. The third-order valence-electron chi connectivity index (χ3n) is 4.17. The molecule has 2 aromatic rings. The lowest BCUT2D eigenvalue weighted by atomic mass is 9.96. The van der Waals surface area contributed by atoms with Crippen molar-refractivity contribution in [3.05, 3.63) is 69.8 Å². The average molecular weight is 342 g/mol. The highest BCUT2D eigenvalue weighted by atomic mass is 16.6. The largest absolute Gasteiger partial charge is 0.332 e. The molecule has 1 atom stereocenters. The van der Waals surface area contributed by atoms with Crippen LogP contribution < -0.4 is 10.6 Å². The van der Waals surface area contributed by atoms with Crippen LogP contribution in [-0.2, 0) is 4.79 Å². The summed E-state index contributed by atoms with van der Waals surface area (Å²) in [4.78, 5) is 22.7. The number of carbonyl (C=O) groups is 1. The molecule has 2 rings (SSSR count). The van der Waals surface area contributed by atoms with Crippen LogP contribution >= 0.6 is 0 Å². The van der Waals surface area contributed by atoms with Crippen molar-refractivity contribution in [1.82, 2.24) is 0 Å². The van der Waals surface area contributed by atoms with E-state index in [-0.39, 0.29) is 24.2 Å². The summed E-state index contributed by atoms with van der Waals surface area (Å²) in [6.45, 7) is 6.30. The molecule has 0 unspecified atom stereocenters. The number of carbonyl (C=O) groups excluding carboxylic acids is 1. The highest BCUT2D eigenvalue weighted by Gasteiger charge is 2.20. The Labute approximate surface area is 147 Å². The molecule has 0 bridgehead atoms. The van der Waals surface area contributed by atoms with E-state index in [1.54, 1.807) is 6.07 Å². The van der Waals surface area contributed by atoms with Gasteiger partial charge in [-0.1, -0.05) is 50.2 Å². The number of nitrogens with one attached hydrogen (secondary N) is 1. The van der Waals surface area contributed by atoms with Crippen LogP contribution in [0, 0.1) is 23.0 Å². The molecule has 6 nitrogen and oxygen atoms in total. The van der Waals surface area contributed by atoms with Gasteiger partial charge in [0, 0.05) is 23.6 Å². The van der Waals surface area contributed by atoms with Gasteiger partial charge in [0.15, 0.2) is 6.54 Å². The zero-order chi connectivity index (χ0) is 18.4. The number of amides is 1. The molecule has 0 fully saturated rings. The van der Waals surface area contributed by atoms with Crippen LogP contribution in [0.15, 0.2) is 48.5 Å². The molecule has 132 valence electrons. The second-order valence-electron chi connectivity index (χ2n) is 6.42. The average Bonchev–Trinajstić information content (AvgIpc) is 2.57. The number of rotatable bonds is 7. The Morgan fingerprint density at radius 3 is 2.48 bits per heavy atom. The smallest absolute Gasteiger partial charge is 0.279 e. The fraction of sp³-hybridized carbons (Fsp3) is 0.316. The van der Waals surface area contributed by atoms with E-state index in [0.717, 1.165) is 5.56 Å². The van der Waals surface area contributed by atoms with E-state index in [0.29, 0.717) is 11.6 Å². The maximum absolute atomic E-state index is 12.3. The molecule has 2 aromatic carbocycles.